The molecule has 0 atom stereocenters. The van der Waals surface area contributed by atoms with Crippen molar-refractivity contribution in [1.82, 2.24) is 0 Å². The average Bonchev–Trinajstić information content (AvgIpc) is 3.25. The molecule has 0 radical (unpaired) electrons. The van der Waals surface area contributed by atoms with E-state index in [9.17, 15) is 52.7 Å². The van der Waals surface area contributed by atoms with E-state index in [2.05, 4.69) is 23.7 Å². The third kappa shape index (κ3) is 14.2. The van der Waals surface area contributed by atoms with Crippen LogP contribution in [-0.2, 0) is 71.6 Å². The van der Waals surface area contributed by atoms with E-state index in [1.54, 1.807) is 0 Å². The van der Waals surface area contributed by atoms with E-state index in [1.165, 1.54) is 0 Å². The van der Waals surface area contributed by atoms with Crippen LogP contribution < -0.4 is 29.1 Å². The molecule has 3 rings (SSSR count). The maximum absolute atomic E-state index is 14.4. The molecular formula is C40H30O22. The van der Waals surface area contributed by atoms with Gasteiger partial charge in [-0.1, -0.05) is 0 Å². The lowest BCUT2D eigenvalue weighted by atomic mass is 10.1. The number of esters is 10. The number of ether oxygens (including phenoxy) is 10. The highest BCUT2D eigenvalue weighted by atomic mass is 16.6. The first-order valence-corrected chi connectivity index (χ1v) is 16.7. The first kappa shape index (κ1) is 47.4. The highest BCUT2D eigenvalue weighted by Crippen LogP contribution is 2.40. The first-order valence-electron chi connectivity index (χ1n) is 16.7. The second kappa shape index (κ2) is 22.8. The molecule has 1 aromatic heterocycles. The second-order valence-electron chi connectivity index (χ2n) is 10.9. The zero-order valence-corrected chi connectivity index (χ0v) is 32.6. The van der Waals surface area contributed by atoms with Crippen molar-refractivity contribution in [3.63, 3.8) is 0 Å². The standard InChI is InChI=1S/C40H30O22/c1-52-27(41)8-13-32(46)57-22-19-25(60-35(49)16-11-30(44)55-4)37-26(20-22)61-39(40(38(37)51)62-36(50)17-12-31(45)56-5)21-6-7-23(58-33(47)14-9-28(42)53-2)24(18-21)59-34(48)15-10-29(43)54-3/h6-20H,1-5H3/b13-8+,14-9+,15-10+,16-11+,17-12+. The molecule has 2 aromatic carbocycles. The zero-order valence-electron chi connectivity index (χ0n) is 32.6. The minimum atomic E-state index is -1.38. The maximum atomic E-state index is 14.4. The average molecular weight is 863 g/mol. The smallest absolute Gasteiger partial charge is 0.336 e. The fourth-order valence-electron chi connectivity index (χ4n) is 4.21. The molecule has 322 valence electrons. The Morgan fingerprint density at radius 1 is 0.419 bits per heavy atom. The zero-order chi connectivity index (χ0) is 45.9. The highest BCUT2D eigenvalue weighted by Gasteiger charge is 2.26. The lowest BCUT2D eigenvalue weighted by Crippen LogP contribution is -2.16. The maximum Gasteiger partial charge on any atom is 0.336 e. The number of carbonyl (C=O) groups is 10. The number of benzene rings is 2. The molecule has 0 saturated heterocycles. The fourth-order valence-corrected chi connectivity index (χ4v) is 4.21. The summed E-state index contributed by atoms with van der Waals surface area (Å²) in [6.07, 6.45) is 6.53. The lowest BCUT2D eigenvalue weighted by Gasteiger charge is -2.14. The van der Waals surface area contributed by atoms with Gasteiger partial charge in [0.2, 0.25) is 11.2 Å². The molecule has 3 aromatic rings. The summed E-state index contributed by atoms with van der Waals surface area (Å²) in [4.78, 5) is 136. The van der Waals surface area contributed by atoms with Crippen LogP contribution in [0.3, 0.4) is 0 Å². The van der Waals surface area contributed by atoms with Crippen molar-refractivity contribution in [3.05, 3.63) is 101 Å². The van der Waals surface area contributed by atoms with Crippen molar-refractivity contribution >= 4 is 70.7 Å². The molecule has 62 heavy (non-hydrogen) atoms. The van der Waals surface area contributed by atoms with Gasteiger partial charge in [-0.15, -0.1) is 0 Å². The van der Waals surface area contributed by atoms with Crippen molar-refractivity contribution in [3.8, 4) is 40.1 Å². The largest absolute Gasteiger partial charge is 0.466 e. The number of hydrogen-bond acceptors (Lipinski definition) is 22. The summed E-state index contributed by atoms with van der Waals surface area (Å²) in [5.41, 5.74) is -2.16. The van der Waals surface area contributed by atoms with Gasteiger partial charge in [0.25, 0.3) is 0 Å². The van der Waals surface area contributed by atoms with Crippen LogP contribution in [-0.4, -0.2) is 95.2 Å². The van der Waals surface area contributed by atoms with Gasteiger partial charge in [-0.3, -0.25) is 4.79 Å². The van der Waals surface area contributed by atoms with Gasteiger partial charge in [-0.2, -0.15) is 0 Å². The number of rotatable bonds is 16. The molecule has 0 saturated carbocycles. The number of carbonyl (C=O) groups excluding carboxylic acids is 10. The molecule has 1 heterocycles. The SMILES string of the molecule is COC(=O)/C=C/C(=O)Oc1cc(OC(=O)/C=C/C(=O)OC)c2c(=O)c(OC(=O)/C=C/C(=O)OC)c(-c3ccc(OC(=O)/C=C/C(=O)OC)c(OC(=O)/C=C/C(=O)OC)c3)oc2c1. The molecule has 22 heteroatoms. The summed E-state index contributed by atoms with van der Waals surface area (Å²) in [6, 6.07) is 4.76. The molecule has 22 nitrogen and oxygen atoms in total. The molecule has 0 fully saturated rings. The normalized spacial score (nSPS) is 11.0. The Morgan fingerprint density at radius 2 is 0.790 bits per heavy atom. The van der Waals surface area contributed by atoms with Gasteiger partial charge < -0.3 is 51.8 Å². The Labute approximate surface area is 347 Å². The number of fused-ring (bicyclic) bond motifs is 1. The van der Waals surface area contributed by atoms with Gasteiger partial charge >= 0.3 is 59.7 Å². The molecule has 0 unspecified atom stereocenters. The van der Waals surface area contributed by atoms with Crippen LogP contribution in [0.2, 0.25) is 0 Å². The summed E-state index contributed by atoms with van der Waals surface area (Å²) in [7, 11) is 5.13. The van der Waals surface area contributed by atoms with Crippen LogP contribution in [0.1, 0.15) is 0 Å². The van der Waals surface area contributed by atoms with Gasteiger partial charge in [0, 0.05) is 78.5 Å². The van der Waals surface area contributed by atoms with Crippen LogP contribution >= 0.6 is 0 Å². The first-order chi connectivity index (χ1) is 29.5. The number of hydrogen-bond donors (Lipinski definition) is 0. The topological polar surface area (TPSA) is 293 Å². The van der Waals surface area contributed by atoms with Crippen molar-refractivity contribution < 1.29 is 99.7 Å². The summed E-state index contributed by atoms with van der Waals surface area (Å²) in [6.45, 7) is 0. The molecule has 0 N–H and O–H groups in total. The van der Waals surface area contributed by atoms with Crippen LogP contribution in [0.5, 0.6) is 28.7 Å². The molecule has 0 aliphatic carbocycles. The van der Waals surface area contributed by atoms with Gasteiger partial charge in [0.15, 0.2) is 17.3 Å². The molecule has 0 spiro atoms. The summed E-state index contributed by atoms with van der Waals surface area (Å²) < 4.78 is 54.4. The summed E-state index contributed by atoms with van der Waals surface area (Å²) in [5, 5.41) is -0.666. The van der Waals surface area contributed by atoms with Crippen molar-refractivity contribution in [2.45, 2.75) is 0 Å². The van der Waals surface area contributed by atoms with Crippen LogP contribution in [0.4, 0.5) is 0 Å². The minimum absolute atomic E-state index is 0.309. The van der Waals surface area contributed by atoms with E-state index in [-0.39, 0.29) is 5.56 Å². The van der Waals surface area contributed by atoms with E-state index in [1.807, 2.05) is 0 Å². The Hall–Kier alpha value is -8.95. The predicted octanol–water partition coefficient (Wildman–Crippen LogP) is 1.63. The Morgan fingerprint density at radius 3 is 1.23 bits per heavy atom. The Kier molecular flexibility index (Phi) is 17.5. The van der Waals surface area contributed by atoms with E-state index in [4.69, 9.17) is 28.1 Å². The molecular weight excluding hydrogens is 832 g/mol. The second-order valence-corrected chi connectivity index (χ2v) is 10.9. The van der Waals surface area contributed by atoms with Gasteiger partial charge in [0.1, 0.15) is 22.5 Å². The quantitative estimate of drug-likeness (QED) is 0.0855. The van der Waals surface area contributed by atoms with E-state index < -0.39 is 111 Å². The third-order valence-electron chi connectivity index (χ3n) is 6.93. The Bertz CT molecular complexity index is 2530. The van der Waals surface area contributed by atoms with Gasteiger partial charge in [-0.25, -0.2) is 47.9 Å². The van der Waals surface area contributed by atoms with Crippen molar-refractivity contribution in [1.29, 1.82) is 0 Å². The molecule has 0 aliphatic heterocycles. The molecule has 0 amide bonds. The molecule has 0 bridgehead atoms. The molecule has 0 aliphatic rings. The van der Waals surface area contributed by atoms with E-state index in [0.29, 0.717) is 60.8 Å². The van der Waals surface area contributed by atoms with Crippen LogP contribution in [0.25, 0.3) is 22.3 Å². The van der Waals surface area contributed by atoms with Crippen LogP contribution in [0, 0.1) is 0 Å². The third-order valence-corrected chi connectivity index (χ3v) is 6.93. The van der Waals surface area contributed by atoms with Crippen molar-refractivity contribution in [2.24, 2.45) is 0 Å². The minimum Gasteiger partial charge on any atom is -0.466 e. The van der Waals surface area contributed by atoms with Gasteiger partial charge in [0.05, 0.1) is 35.5 Å². The van der Waals surface area contributed by atoms with E-state index >= 15 is 0 Å². The van der Waals surface area contributed by atoms with Gasteiger partial charge in [-0.05, 0) is 18.2 Å². The Balaban J connectivity index is 2.41. The van der Waals surface area contributed by atoms with Crippen LogP contribution in [0.15, 0.2) is 100 Å². The van der Waals surface area contributed by atoms with Crippen molar-refractivity contribution in [2.75, 3.05) is 35.5 Å². The monoisotopic (exact) mass is 862 g/mol. The fraction of sp³-hybridized carbons (Fsp3) is 0.125. The number of methoxy groups -OCH3 is 5. The summed E-state index contributed by atoms with van der Waals surface area (Å²) in [5.74, 6) is -15.2. The van der Waals surface area contributed by atoms with E-state index in [0.717, 1.165) is 65.9 Å². The summed E-state index contributed by atoms with van der Waals surface area (Å²) >= 11 is 0. The lowest BCUT2D eigenvalue weighted by molar-refractivity contribution is -0.136. The predicted molar refractivity (Wildman–Crippen MR) is 202 cm³/mol. The highest BCUT2D eigenvalue weighted by molar-refractivity contribution is 5.99.